The van der Waals surface area contributed by atoms with Gasteiger partial charge < -0.3 is 19.1 Å². The van der Waals surface area contributed by atoms with Gasteiger partial charge >= 0.3 is 0 Å². The summed E-state index contributed by atoms with van der Waals surface area (Å²) in [6.07, 6.45) is 1.82. The van der Waals surface area contributed by atoms with Crippen LogP contribution in [-0.4, -0.2) is 38.9 Å². The summed E-state index contributed by atoms with van der Waals surface area (Å²) in [4.78, 5) is 9.41. The van der Waals surface area contributed by atoms with Crippen molar-refractivity contribution in [2.75, 3.05) is 18.5 Å². The van der Waals surface area contributed by atoms with Crippen molar-refractivity contribution in [2.45, 2.75) is 26.4 Å². The van der Waals surface area contributed by atoms with Crippen LogP contribution in [0.4, 0.5) is 5.95 Å². The highest BCUT2D eigenvalue weighted by Crippen LogP contribution is 2.29. The van der Waals surface area contributed by atoms with E-state index in [4.69, 9.17) is 14.2 Å². The Morgan fingerprint density at radius 3 is 2.68 bits per heavy atom. The fraction of sp³-hybridized carbons (Fsp3) is 0.286. The minimum atomic E-state index is 0.293. The first-order chi connectivity index (χ1) is 13.7. The van der Waals surface area contributed by atoms with Gasteiger partial charge in [0.1, 0.15) is 11.3 Å². The normalized spacial score (nSPS) is 14.4. The van der Waals surface area contributed by atoms with Crippen molar-refractivity contribution in [1.82, 2.24) is 19.7 Å². The molecule has 0 saturated carbocycles. The van der Waals surface area contributed by atoms with E-state index in [0.29, 0.717) is 19.3 Å². The molecular formula is C21H21N5O2. The molecule has 1 aliphatic heterocycles. The monoisotopic (exact) mass is 375 g/mol. The van der Waals surface area contributed by atoms with Gasteiger partial charge in [-0.15, -0.1) is 0 Å². The van der Waals surface area contributed by atoms with Crippen LogP contribution >= 0.6 is 0 Å². The topological polar surface area (TPSA) is 78.0 Å². The van der Waals surface area contributed by atoms with Crippen LogP contribution in [0, 0.1) is 13.8 Å². The maximum Gasteiger partial charge on any atom is 0.204 e. The van der Waals surface area contributed by atoms with E-state index in [1.54, 1.807) is 0 Å². The molecule has 28 heavy (non-hydrogen) atoms. The van der Waals surface area contributed by atoms with E-state index >= 15 is 0 Å². The van der Waals surface area contributed by atoms with Gasteiger partial charge in [0, 0.05) is 0 Å². The highest BCUT2D eigenvalue weighted by Gasteiger charge is 2.22. The molecule has 0 radical (unpaired) electrons. The van der Waals surface area contributed by atoms with Crippen LogP contribution in [-0.2, 0) is 11.3 Å². The third-order valence-electron chi connectivity index (χ3n) is 5.08. The number of pyridine rings is 1. The summed E-state index contributed by atoms with van der Waals surface area (Å²) in [6, 6.07) is 12.7. The molecule has 0 aliphatic carbocycles. The Morgan fingerprint density at radius 2 is 2.00 bits per heavy atom. The van der Waals surface area contributed by atoms with E-state index in [2.05, 4.69) is 50.4 Å². The minimum Gasteiger partial charge on any atom is -0.377 e. The molecule has 4 aromatic rings. The minimum absolute atomic E-state index is 0.293. The molecule has 0 unspecified atom stereocenters. The fourth-order valence-electron chi connectivity index (χ4n) is 3.55. The zero-order chi connectivity index (χ0) is 19.1. The lowest BCUT2D eigenvalue weighted by atomic mass is 10.1. The molecule has 0 spiro atoms. The maximum absolute atomic E-state index is 5.33. The predicted octanol–water partition coefficient (Wildman–Crippen LogP) is 3.56. The number of aromatic nitrogens is 4. The number of fused-ring (bicyclic) bond motifs is 1. The maximum atomic E-state index is 5.33. The number of hydrogen-bond acceptors (Lipinski definition) is 6. The standard InChI is InChI=1S/C21H21N5O2/c1-13-20(14(2)28-25-13)17-8-19-18(9-22-17)24-21(23-16-11-27-12-16)26(19)10-15-6-4-3-5-7-15/h3-9,16H,10-12H2,1-2H3,(H,23,24). The summed E-state index contributed by atoms with van der Waals surface area (Å²) in [7, 11) is 0. The van der Waals surface area contributed by atoms with Crippen molar-refractivity contribution in [3.05, 3.63) is 59.6 Å². The summed E-state index contributed by atoms with van der Waals surface area (Å²) >= 11 is 0. The van der Waals surface area contributed by atoms with Crippen LogP contribution in [0.15, 0.2) is 47.1 Å². The predicted molar refractivity (Wildman–Crippen MR) is 106 cm³/mol. The molecule has 3 aromatic heterocycles. The molecule has 0 atom stereocenters. The third kappa shape index (κ3) is 2.93. The summed E-state index contributed by atoms with van der Waals surface area (Å²) < 4.78 is 12.8. The Morgan fingerprint density at radius 1 is 1.18 bits per heavy atom. The first kappa shape index (κ1) is 16.9. The highest BCUT2D eigenvalue weighted by molar-refractivity contribution is 5.83. The van der Waals surface area contributed by atoms with Crippen molar-refractivity contribution in [2.24, 2.45) is 0 Å². The van der Waals surface area contributed by atoms with Crippen molar-refractivity contribution < 1.29 is 9.26 Å². The number of benzene rings is 1. The van der Waals surface area contributed by atoms with Gasteiger partial charge in [-0.25, -0.2) is 4.98 Å². The summed E-state index contributed by atoms with van der Waals surface area (Å²) in [5.74, 6) is 1.60. The van der Waals surface area contributed by atoms with Gasteiger partial charge in [-0.2, -0.15) is 0 Å². The van der Waals surface area contributed by atoms with Crippen LogP contribution in [0.2, 0.25) is 0 Å². The molecule has 4 heterocycles. The van der Waals surface area contributed by atoms with Gasteiger partial charge in [0.15, 0.2) is 0 Å². The summed E-state index contributed by atoms with van der Waals surface area (Å²) in [6.45, 7) is 5.97. The van der Waals surface area contributed by atoms with Crippen molar-refractivity contribution in [1.29, 1.82) is 0 Å². The molecule has 1 aliphatic rings. The van der Waals surface area contributed by atoms with Crippen LogP contribution in [0.3, 0.4) is 0 Å². The number of anilines is 1. The van der Waals surface area contributed by atoms with Gasteiger partial charge in [-0.1, -0.05) is 35.5 Å². The molecule has 1 saturated heterocycles. The Bertz CT molecular complexity index is 1110. The largest absolute Gasteiger partial charge is 0.377 e. The second-order valence-electron chi connectivity index (χ2n) is 7.14. The number of nitrogens with zero attached hydrogens (tertiary/aromatic N) is 4. The molecular weight excluding hydrogens is 354 g/mol. The number of imidazole rings is 1. The number of rotatable bonds is 5. The van der Waals surface area contributed by atoms with Gasteiger partial charge in [-0.05, 0) is 25.5 Å². The van der Waals surface area contributed by atoms with E-state index in [0.717, 1.165) is 46.2 Å². The quantitative estimate of drug-likeness (QED) is 0.575. The van der Waals surface area contributed by atoms with E-state index < -0.39 is 0 Å². The number of nitrogens with one attached hydrogen (secondary N) is 1. The lowest BCUT2D eigenvalue weighted by molar-refractivity contribution is 0.0207. The fourth-order valence-corrected chi connectivity index (χ4v) is 3.55. The zero-order valence-electron chi connectivity index (χ0n) is 15.8. The number of aryl methyl sites for hydroxylation is 2. The van der Waals surface area contributed by atoms with Crippen molar-refractivity contribution in [3.63, 3.8) is 0 Å². The summed E-state index contributed by atoms with van der Waals surface area (Å²) in [5.41, 5.74) is 5.72. The van der Waals surface area contributed by atoms with Crippen LogP contribution in [0.1, 0.15) is 17.0 Å². The number of hydrogen-bond donors (Lipinski definition) is 1. The van der Waals surface area contributed by atoms with Gasteiger partial charge in [0.2, 0.25) is 5.95 Å². The molecule has 7 heteroatoms. The Balaban J connectivity index is 1.63. The van der Waals surface area contributed by atoms with Crippen LogP contribution in [0.5, 0.6) is 0 Å². The third-order valence-corrected chi connectivity index (χ3v) is 5.08. The average molecular weight is 375 g/mol. The molecule has 0 bridgehead atoms. The van der Waals surface area contributed by atoms with E-state index in [9.17, 15) is 0 Å². The smallest absolute Gasteiger partial charge is 0.204 e. The van der Waals surface area contributed by atoms with Crippen LogP contribution in [0.25, 0.3) is 22.3 Å². The highest BCUT2D eigenvalue weighted by atomic mass is 16.5. The molecule has 142 valence electrons. The second-order valence-corrected chi connectivity index (χ2v) is 7.14. The lowest BCUT2D eigenvalue weighted by Crippen LogP contribution is -2.41. The molecule has 5 rings (SSSR count). The Hall–Kier alpha value is -3.19. The van der Waals surface area contributed by atoms with Gasteiger partial charge in [-0.3, -0.25) is 4.98 Å². The average Bonchev–Trinajstić information content (AvgIpc) is 3.18. The SMILES string of the molecule is Cc1noc(C)c1-c1cc2c(cn1)nc(NC1COC1)n2Cc1ccccc1. The second kappa shape index (κ2) is 6.76. The molecule has 1 aromatic carbocycles. The Labute approximate surface area is 162 Å². The van der Waals surface area contributed by atoms with E-state index in [-0.39, 0.29) is 0 Å². The first-order valence-electron chi connectivity index (χ1n) is 9.37. The van der Waals surface area contributed by atoms with E-state index in [1.165, 1.54) is 5.56 Å². The van der Waals surface area contributed by atoms with Gasteiger partial charge in [0.05, 0.1) is 54.5 Å². The molecule has 1 fully saturated rings. The number of ether oxygens (including phenoxy) is 1. The molecule has 0 amide bonds. The zero-order valence-corrected chi connectivity index (χ0v) is 15.8. The first-order valence-corrected chi connectivity index (χ1v) is 9.37. The Kier molecular flexibility index (Phi) is 4.09. The molecule has 1 N–H and O–H groups in total. The van der Waals surface area contributed by atoms with Crippen molar-refractivity contribution >= 4 is 17.0 Å². The van der Waals surface area contributed by atoms with Crippen LogP contribution < -0.4 is 5.32 Å². The van der Waals surface area contributed by atoms with E-state index in [1.807, 2.05) is 26.1 Å². The van der Waals surface area contributed by atoms with Gasteiger partial charge in [0.25, 0.3) is 0 Å². The van der Waals surface area contributed by atoms with Crippen molar-refractivity contribution in [3.8, 4) is 11.3 Å². The summed E-state index contributed by atoms with van der Waals surface area (Å²) in [5, 5.41) is 7.56. The molecule has 7 nitrogen and oxygen atoms in total. The lowest BCUT2D eigenvalue weighted by Gasteiger charge is -2.27.